The molecule has 2 N–H and O–H groups in total. The van der Waals surface area contributed by atoms with Crippen molar-refractivity contribution in [2.45, 2.75) is 57.8 Å². The molecule has 2 fully saturated rings. The number of aliphatic hydroxyl groups excluding tert-OH is 1. The van der Waals surface area contributed by atoms with Crippen LogP contribution < -0.4 is 0 Å². The van der Waals surface area contributed by atoms with Crippen molar-refractivity contribution in [1.29, 1.82) is 0 Å². The molecule has 0 aliphatic carbocycles. The van der Waals surface area contributed by atoms with Gasteiger partial charge >= 0.3 is 5.97 Å². The number of carbonyl (C=O) groups is 1. The highest BCUT2D eigenvalue weighted by Crippen LogP contribution is 2.33. The maximum absolute atomic E-state index is 12.2. The lowest BCUT2D eigenvalue weighted by Crippen LogP contribution is -2.53. The van der Waals surface area contributed by atoms with Crippen molar-refractivity contribution in [2.24, 2.45) is 11.8 Å². The summed E-state index contributed by atoms with van der Waals surface area (Å²) in [5, 5.41) is 20.1. The maximum Gasteiger partial charge on any atom is 0.341 e. The first-order chi connectivity index (χ1) is 9.37. The Balaban J connectivity index is 1.91. The minimum Gasteiger partial charge on any atom is -0.463 e. The van der Waals surface area contributed by atoms with Crippen LogP contribution in [0.1, 0.15) is 40.0 Å². The molecule has 116 valence electrons. The van der Waals surface area contributed by atoms with E-state index < -0.39 is 17.7 Å². The van der Waals surface area contributed by atoms with Gasteiger partial charge in [0, 0.05) is 12.0 Å². The molecule has 2 aliphatic heterocycles. The second-order valence-electron chi connectivity index (χ2n) is 6.55. The van der Waals surface area contributed by atoms with Crippen LogP contribution in [0.4, 0.5) is 0 Å². The van der Waals surface area contributed by atoms with Gasteiger partial charge in [-0.05, 0) is 45.2 Å². The lowest BCUT2D eigenvalue weighted by Gasteiger charge is -2.33. The number of carbonyl (C=O) groups excluding carboxylic acids is 1. The standard InChI is InChI=1S/C15H27NO4/c1-10(2)15(19,11(3)17)14(18)20-9-12-6-8-16-7-4-5-13(12)16/h10-13,17,19H,4-9H2,1-3H3/t11-,12+,13-,15+/m1/s1. The molecule has 0 spiro atoms. The zero-order valence-corrected chi connectivity index (χ0v) is 12.7. The first-order valence-corrected chi connectivity index (χ1v) is 7.69. The minimum atomic E-state index is -1.81. The highest BCUT2D eigenvalue weighted by molar-refractivity contribution is 5.80. The molecule has 2 saturated heterocycles. The largest absolute Gasteiger partial charge is 0.463 e. The summed E-state index contributed by atoms with van der Waals surface area (Å²) in [4.78, 5) is 14.6. The number of hydrogen-bond acceptors (Lipinski definition) is 5. The second-order valence-corrected chi connectivity index (χ2v) is 6.55. The van der Waals surface area contributed by atoms with Crippen LogP contribution in [0.2, 0.25) is 0 Å². The number of hydrogen-bond donors (Lipinski definition) is 2. The van der Waals surface area contributed by atoms with E-state index in [0.717, 1.165) is 19.5 Å². The van der Waals surface area contributed by atoms with E-state index in [0.29, 0.717) is 18.6 Å². The molecule has 2 heterocycles. The smallest absolute Gasteiger partial charge is 0.341 e. The van der Waals surface area contributed by atoms with Gasteiger partial charge in [-0.25, -0.2) is 4.79 Å². The number of esters is 1. The van der Waals surface area contributed by atoms with E-state index in [1.807, 2.05) is 0 Å². The third kappa shape index (κ3) is 2.71. The first kappa shape index (κ1) is 15.7. The fraction of sp³-hybridized carbons (Fsp3) is 0.933. The van der Waals surface area contributed by atoms with Crippen LogP contribution >= 0.6 is 0 Å². The Morgan fingerprint density at radius 1 is 1.35 bits per heavy atom. The molecule has 0 aromatic rings. The van der Waals surface area contributed by atoms with Crippen molar-refractivity contribution in [3.63, 3.8) is 0 Å². The van der Waals surface area contributed by atoms with E-state index in [4.69, 9.17) is 4.74 Å². The zero-order valence-electron chi connectivity index (χ0n) is 12.7. The van der Waals surface area contributed by atoms with Gasteiger partial charge in [0.05, 0.1) is 12.7 Å². The van der Waals surface area contributed by atoms with Crippen molar-refractivity contribution in [1.82, 2.24) is 4.90 Å². The van der Waals surface area contributed by atoms with Gasteiger partial charge in [-0.15, -0.1) is 0 Å². The molecule has 5 nitrogen and oxygen atoms in total. The monoisotopic (exact) mass is 285 g/mol. The summed E-state index contributed by atoms with van der Waals surface area (Å²) in [6, 6.07) is 0.529. The highest BCUT2D eigenvalue weighted by Gasteiger charge is 2.46. The SMILES string of the molecule is CC(C)[C@@](O)(C(=O)OC[C@@H]1CCN2CCC[C@H]12)[C@@H](C)O. The van der Waals surface area contributed by atoms with Gasteiger partial charge in [0.2, 0.25) is 0 Å². The Hall–Kier alpha value is -0.650. The van der Waals surface area contributed by atoms with E-state index in [2.05, 4.69) is 4.90 Å². The normalized spacial score (nSPS) is 31.1. The van der Waals surface area contributed by atoms with Gasteiger partial charge in [0.1, 0.15) is 0 Å². The summed E-state index contributed by atoms with van der Waals surface area (Å²) in [7, 11) is 0. The van der Waals surface area contributed by atoms with Crippen LogP contribution in [-0.2, 0) is 9.53 Å². The van der Waals surface area contributed by atoms with Gasteiger partial charge in [-0.3, -0.25) is 4.90 Å². The van der Waals surface area contributed by atoms with Crippen LogP contribution in [-0.4, -0.2) is 58.5 Å². The van der Waals surface area contributed by atoms with Crippen LogP contribution in [0.3, 0.4) is 0 Å². The second kappa shape index (κ2) is 6.00. The summed E-state index contributed by atoms with van der Waals surface area (Å²) in [5.74, 6) is -0.715. The van der Waals surface area contributed by atoms with Gasteiger partial charge in [0.15, 0.2) is 5.60 Å². The Morgan fingerprint density at radius 2 is 2.05 bits per heavy atom. The van der Waals surface area contributed by atoms with Crippen molar-refractivity contribution in [2.75, 3.05) is 19.7 Å². The fourth-order valence-corrected chi connectivity index (χ4v) is 3.57. The quantitative estimate of drug-likeness (QED) is 0.731. The molecule has 0 aromatic carbocycles. The molecular formula is C15H27NO4. The molecule has 2 aliphatic rings. The Morgan fingerprint density at radius 3 is 2.65 bits per heavy atom. The number of aliphatic hydroxyl groups is 2. The van der Waals surface area contributed by atoms with Gasteiger partial charge in [0.25, 0.3) is 0 Å². The Labute approximate surface area is 120 Å². The topological polar surface area (TPSA) is 70.0 Å². The molecule has 2 rings (SSSR count). The van der Waals surface area contributed by atoms with E-state index in [1.54, 1.807) is 13.8 Å². The summed E-state index contributed by atoms with van der Waals surface area (Å²) in [6.45, 7) is 7.43. The van der Waals surface area contributed by atoms with Gasteiger partial charge in [-0.2, -0.15) is 0 Å². The Bertz CT molecular complexity index is 348. The predicted octanol–water partition coefficient (Wildman–Crippen LogP) is 0.782. The molecule has 20 heavy (non-hydrogen) atoms. The van der Waals surface area contributed by atoms with Crippen LogP contribution in [0.15, 0.2) is 0 Å². The summed E-state index contributed by atoms with van der Waals surface area (Å²) in [5.41, 5.74) is -1.81. The molecule has 0 radical (unpaired) electrons. The Kier molecular flexibility index (Phi) is 4.72. The molecule has 0 bridgehead atoms. The number of fused-ring (bicyclic) bond motifs is 1. The minimum absolute atomic E-state index is 0.349. The van der Waals surface area contributed by atoms with Crippen LogP contribution in [0.25, 0.3) is 0 Å². The molecule has 4 atom stereocenters. The summed E-state index contributed by atoms with van der Waals surface area (Å²) in [6.07, 6.45) is 2.31. The highest BCUT2D eigenvalue weighted by atomic mass is 16.6. The molecular weight excluding hydrogens is 258 g/mol. The molecule has 0 unspecified atom stereocenters. The van der Waals surface area contributed by atoms with Crippen molar-refractivity contribution in [3.8, 4) is 0 Å². The lowest BCUT2D eigenvalue weighted by molar-refractivity contribution is -0.186. The van der Waals surface area contributed by atoms with Gasteiger partial charge < -0.3 is 14.9 Å². The maximum atomic E-state index is 12.2. The zero-order chi connectivity index (χ0) is 14.9. The molecule has 0 saturated carbocycles. The number of rotatable bonds is 5. The van der Waals surface area contributed by atoms with E-state index in [1.165, 1.54) is 19.8 Å². The average molecular weight is 285 g/mol. The van der Waals surface area contributed by atoms with Crippen LogP contribution in [0, 0.1) is 11.8 Å². The van der Waals surface area contributed by atoms with E-state index in [9.17, 15) is 15.0 Å². The number of nitrogens with zero attached hydrogens (tertiary/aromatic N) is 1. The third-order valence-electron chi connectivity index (χ3n) is 5.02. The first-order valence-electron chi connectivity index (χ1n) is 7.69. The van der Waals surface area contributed by atoms with Crippen LogP contribution in [0.5, 0.6) is 0 Å². The summed E-state index contributed by atoms with van der Waals surface area (Å²) >= 11 is 0. The van der Waals surface area contributed by atoms with Crippen molar-refractivity contribution < 1.29 is 19.7 Å². The molecule has 0 amide bonds. The fourth-order valence-electron chi connectivity index (χ4n) is 3.57. The lowest BCUT2D eigenvalue weighted by atomic mass is 9.85. The number of ether oxygens (including phenoxy) is 1. The van der Waals surface area contributed by atoms with Crippen molar-refractivity contribution >= 4 is 5.97 Å². The molecule has 0 aromatic heterocycles. The predicted molar refractivity (Wildman–Crippen MR) is 75.1 cm³/mol. The van der Waals surface area contributed by atoms with Gasteiger partial charge in [-0.1, -0.05) is 13.8 Å². The summed E-state index contributed by atoms with van der Waals surface area (Å²) < 4.78 is 5.35. The van der Waals surface area contributed by atoms with Crippen molar-refractivity contribution in [3.05, 3.63) is 0 Å². The molecule has 5 heteroatoms. The average Bonchev–Trinajstić information content (AvgIpc) is 2.97. The third-order valence-corrected chi connectivity index (χ3v) is 5.02. The van der Waals surface area contributed by atoms with E-state index >= 15 is 0 Å². The van der Waals surface area contributed by atoms with E-state index in [-0.39, 0.29) is 5.92 Å².